The zero-order chi connectivity index (χ0) is 17.2. The number of aryl methyl sites for hydroxylation is 1. The molecule has 0 saturated heterocycles. The molecule has 0 unspecified atom stereocenters. The second kappa shape index (κ2) is 10.3. The second-order valence-corrected chi connectivity index (χ2v) is 6.55. The summed E-state index contributed by atoms with van der Waals surface area (Å²) >= 11 is 0. The van der Waals surface area contributed by atoms with Gasteiger partial charge in [0, 0.05) is 12.6 Å². The van der Waals surface area contributed by atoms with E-state index in [1.807, 2.05) is 0 Å². The first-order valence-electron chi connectivity index (χ1n) is 9.68. The number of unbranched alkanes of at least 4 members (excludes halogenated alkanes) is 6. The van der Waals surface area contributed by atoms with Crippen molar-refractivity contribution in [3.05, 3.63) is 18.0 Å². The van der Waals surface area contributed by atoms with E-state index >= 15 is 0 Å². The third kappa shape index (κ3) is 5.81. The highest BCUT2D eigenvalue weighted by Gasteiger charge is 2.11. The number of hydrogen-bond donors (Lipinski definition) is 0. The lowest BCUT2D eigenvalue weighted by Crippen LogP contribution is -2.15. The summed E-state index contributed by atoms with van der Waals surface area (Å²) in [5.41, 5.74) is 0.643. The van der Waals surface area contributed by atoms with E-state index in [-0.39, 0.29) is 6.10 Å². The Balaban J connectivity index is 1.82. The number of nitrogens with zero attached hydrogens (tertiary/aromatic N) is 2. The van der Waals surface area contributed by atoms with Crippen LogP contribution in [0.1, 0.15) is 84.3 Å². The quantitative estimate of drug-likeness (QED) is 0.442. The van der Waals surface area contributed by atoms with Crippen molar-refractivity contribution < 1.29 is 9.15 Å². The molecule has 0 atom stereocenters. The summed E-state index contributed by atoms with van der Waals surface area (Å²) < 4.78 is 11.7. The van der Waals surface area contributed by atoms with Crippen LogP contribution in [0.15, 0.2) is 16.7 Å². The maximum Gasteiger partial charge on any atom is 0.319 e. The van der Waals surface area contributed by atoms with E-state index in [0.29, 0.717) is 11.7 Å². The first-order chi connectivity index (χ1) is 11.8. The molecule has 2 aromatic heterocycles. The average molecular weight is 332 g/mol. The van der Waals surface area contributed by atoms with E-state index in [4.69, 9.17) is 9.15 Å². The van der Waals surface area contributed by atoms with E-state index in [9.17, 15) is 0 Å². The summed E-state index contributed by atoms with van der Waals surface area (Å²) in [4.78, 5) is 8.71. The number of fused-ring (bicyclic) bond motifs is 1. The molecule has 4 heteroatoms. The minimum absolute atomic E-state index is 0.171. The standard InChI is InChI=1S/C20H32N2O2/c1-4-7-8-9-10-11-12-13-18-14-16-15-21-20(22-19(16)23-18)24-17(5-2)6-3/h14-15,17H,4-13H2,1-3H3. The summed E-state index contributed by atoms with van der Waals surface area (Å²) in [7, 11) is 0. The molecule has 0 spiro atoms. The van der Waals surface area contributed by atoms with Gasteiger partial charge in [-0.25, -0.2) is 4.98 Å². The Labute approximate surface area is 146 Å². The molecule has 2 heterocycles. The number of hydrogen-bond acceptors (Lipinski definition) is 4. The van der Waals surface area contributed by atoms with Gasteiger partial charge >= 0.3 is 6.01 Å². The predicted molar refractivity (Wildman–Crippen MR) is 98.5 cm³/mol. The smallest absolute Gasteiger partial charge is 0.319 e. The molecular formula is C20H32N2O2. The van der Waals surface area contributed by atoms with E-state index in [1.54, 1.807) is 6.20 Å². The summed E-state index contributed by atoms with van der Waals surface area (Å²) in [5.74, 6) is 1.01. The van der Waals surface area contributed by atoms with Gasteiger partial charge in [-0.3, -0.25) is 0 Å². The predicted octanol–water partition coefficient (Wildman–Crippen LogP) is 6.08. The third-order valence-corrected chi connectivity index (χ3v) is 4.51. The lowest BCUT2D eigenvalue weighted by atomic mass is 10.1. The minimum atomic E-state index is 0.171. The monoisotopic (exact) mass is 332 g/mol. The number of ether oxygens (including phenoxy) is 1. The van der Waals surface area contributed by atoms with Crippen LogP contribution in [0.25, 0.3) is 11.1 Å². The van der Waals surface area contributed by atoms with Gasteiger partial charge in [0.2, 0.25) is 5.71 Å². The molecule has 0 saturated carbocycles. The van der Waals surface area contributed by atoms with Gasteiger partial charge in [-0.2, -0.15) is 4.98 Å². The van der Waals surface area contributed by atoms with Crippen LogP contribution in [-0.2, 0) is 6.42 Å². The fourth-order valence-electron chi connectivity index (χ4n) is 2.91. The Hall–Kier alpha value is -1.58. The van der Waals surface area contributed by atoms with Gasteiger partial charge in [0.1, 0.15) is 11.9 Å². The normalized spacial score (nSPS) is 11.5. The van der Waals surface area contributed by atoms with E-state index in [1.165, 1.54) is 44.9 Å². The highest BCUT2D eigenvalue weighted by atomic mass is 16.5. The van der Waals surface area contributed by atoms with Gasteiger partial charge in [-0.15, -0.1) is 0 Å². The molecule has 24 heavy (non-hydrogen) atoms. The lowest BCUT2D eigenvalue weighted by Gasteiger charge is -2.12. The first-order valence-corrected chi connectivity index (χ1v) is 9.68. The summed E-state index contributed by atoms with van der Waals surface area (Å²) in [6, 6.07) is 2.49. The van der Waals surface area contributed by atoms with Crippen LogP contribution in [0.4, 0.5) is 0 Å². The zero-order valence-corrected chi connectivity index (χ0v) is 15.5. The van der Waals surface area contributed by atoms with Gasteiger partial charge in [-0.1, -0.05) is 59.3 Å². The van der Waals surface area contributed by atoms with E-state index < -0.39 is 0 Å². The molecule has 0 fully saturated rings. The van der Waals surface area contributed by atoms with Crippen LogP contribution in [0.3, 0.4) is 0 Å². The van der Waals surface area contributed by atoms with Crippen LogP contribution in [-0.4, -0.2) is 16.1 Å². The molecular weight excluding hydrogens is 300 g/mol. The summed E-state index contributed by atoms with van der Waals surface area (Å²) in [6.07, 6.45) is 14.0. The maximum absolute atomic E-state index is 5.87. The van der Waals surface area contributed by atoms with Crippen molar-refractivity contribution in [1.82, 2.24) is 9.97 Å². The summed E-state index contributed by atoms with van der Waals surface area (Å²) in [6.45, 7) is 6.48. The highest BCUT2D eigenvalue weighted by Crippen LogP contribution is 2.21. The molecule has 2 aromatic rings. The molecule has 4 nitrogen and oxygen atoms in total. The number of aromatic nitrogens is 2. The average Bonchev–Trinajstić information content (AvgIpc) is 3.00. The van der Waals surface area contributed by atoms with E-state index in [0.717, 1.165) is 30.4 Å². The van der Waals surface area contributed by atoms with Gasteiger partial charge in [0.25, 0.3) is 0 Å². The Morgan fingerprint density at radius 2 is 1.71 bits per heavy atom. The van der Waals surface area contributed by atoms with E-state index in [2.05, 4.69) is 36.8 Å². The molecule has 0 N–H and O–H groups in total. The zero-order valence-electron chi connectivity index (χ0n) is 15.5. The van der Waals surface area contributed by atoms with Crippen molar-refractivity contribution in [2.45, 2.75) is 91.1 Å². The molecule has 0 radical (unpaired) electrons. The molecule has 0 aromatic carbocycles. The summed E-state index contributed by atoms with van der Waals surface area (Å²) in [5, 5.41) is 0.963. The maximum atomic E-state index is 5.87. The molecule has 134 valence electrons. The topological polar surface area (TPSA) is 48.2 Å². The fourth-order valence-corrected chi connectivity index (χ4v) is 2.91. The third-order valence-electron chi connectivity index (χ3n) is 4.51. The van der Waals surface area contributed by atoms with Crippen LogP contribution in [0.5, 0.6) is 6.01 Å². The molecule has 0 amide bonds. The molecule has 2 rings (SSSR count). The van der Waals surface area contributed by atoms with Crippen molar-refractivity contribution in [1.29, 1.82) is 0 Å². The molecule has 0 aliphatic carbocycles. The molecule has 0 bridgehead atoms. The van der Waals surface area contributed by atoms with Gasteiger partial charge in [-0.05, 0) is 25.3 Å². The van der Waals surface area contributed by atoms with Crippen molar-refractivity contribution >= 4 is 11.1 Å². The molecule has 0 aliphatic rings. The van der Waals surface area contributed by atoms with Gasteiger partial charge in [0.05, 0.1) is 5.39 Å². The first kappa shape index (κ1) is 18.8. The van der Waals surface area contributed by atoms with Crippen molar-refractivity contribution in [3.8, 4) is 6.01 Å². The fraction of sp³-hybridized carbons (Fsp3) is 0.700. The highest BCUT2D eigenvalue weighted by molar-refractivity contribution is 5.73. The Morgan fingerprint density at radius 3 is 2.42 bits per heavy atom. The number of rotatable bonds is 12. The van der Waals surface area contributed by atoms with Crippen LogP contribution in [0, 0.1) is 0 Å². The van der Waals surface area contributed by atoms with Crippen LogP contribution < -0.4 is 4.74 Å². The SMILES string of the molecule is CCCCCCCCCc1cc2cnc(OC(CC)CC)nc2o1. The second-order valence-electron chi connectivity index (χ2n) is 6.55. The Bertz CT molecular complexity index is 590. The van der Waals surface area contributed by atoms with Crippen LogP contribution in [0.2, 0.25) is 0 Å². The van der Waals surface area contributed by atoms with Gasteiger partial charge in [0.15, 0.2) is 0 Å². The van der Waals surface area contributed by atoms with Crippen LogP contribution >= 0.6 is 0 Å². The van der Waals surface area contributed by atoms with Crippen molar-refractivity contribution in [2.75, 3.05) is 0 Å². The van der Waals surface area contributed by atoms with Crippen molar-refractivity contribution in [2.24, 2.45) is 0 Å². The lowest BCUT2D eigenvalue weighted by molar-refractivity contribution is 0.176. The molecule has 0 aliphatic heterocycles. The minimum Gasteiger partial charge on any atom is -0.460 e. The van der Waals surface area contributed by atoms with Gasteiger partial charge < -0.3 is 9.15 Å². The van der Waals surface area contributed by atoms with Crippen molar-refractivity contribution in [3.63, 3.8) is 0 Å². The number of furan rings is 1. The largest absolute Gasteiger partial charge is 0.460 e. The Morgan fingerprint density at radius 1 is 1.00 bits per heavy atom. The Kier molecular flexibility index (Phi) is 8.06.